The van der Waals surface area contributed by atoms with E-state index >= 15 is 0 Å². The third kappa shape index (κ3) is 3.68. The molecule has 3 aromatic rings. The number of carbonyl (C=O) groups excluding carboxylic acids is 1. The number of hydrogen-bond acceptors (Lipinski definition) is 6. The number of rotatable bonds is 5. The molecule has 4 rings (SSSR count). The number of esters is 1. The quantitative estimate of drug-likeness (QED) is 0.683. The van der Waals surface area contributed by atoms with Crippen LogP contribution in [0.5, 0.6) is 0 Å². The molecule has 1 saturated heterocycles. The molecule has 1 N–H and O–H groups in total. The second-order valence-corrected chi connectivity index (χ2v) is 6.71. The van der Waals surface area contributed by atoms with Crippen LogP contribution in [0, 0.1) is 5.82 Å². The number of carbonyl (C=O) groups is 1. The van der Waals surface area contributed by atoms with Crippen molar-refractivity contribution in [2.75, 3.05) is 37.7 Å². The van der Waals surface area contributed by atoms with Crippen LogP contribution in [0.3, 0.4) is 0 Å². The molecule has 0 atom stereocenters. The van der Waals surface area contributed by atoms with E-state index in [0.717, 1.165) is 42.6 Å². The van der Waals surface area contributed by atoms with Crippen LogP contribution in [0.2, 0.25) is 0 Å². The van der Waals surface area contributed by atoms with Crippen LogP contribution < -0.4 is 4.90 Å². The molecule has 0 radical (unpaired) electrons. The fourth-order valence-electron chi connectivity index (χ4n) is 3.54. The zero-order chi connectivity index (χ0) is 19.5. The summed E-state index contributed by atoms with van der Waals surface area (Å²) in [6.07, 6.45) is 2.37. The third-order valence-corrected chi connectivity index (χ3v) is 4.94. The van der Waals surface area contributed by atoms with Gasteiger partial charge >= 0.3 is 5.97 Å². The fraction of sp³-hybridized carbons (Fsp3) is 0.350. The van der Waals surface area contributed by atoms with Crippen LogP contribution in [0.25, 0.3) is 10.9 Å². The minimum atomic E-state index is -0.437. The van der Waals surface area contributed by atoms with Gasteiger partial charge in [-0.15, -0.1) is 0 Å². The highest BCUT2D eigenvalue weighted by Crippen LogP contribution is 2.25. The van der Waals surface area contributed by atoms with Gasteiger partial charge in [0, 0.05) is 49.2 Å². The van der Waals surface area contributed by atoms with Crippen LogP contribution in [0.15, 0.2) is 36.7 Å². The molecule has 1 aromatic carbocycles. The van der Waals surface area contributed by atoms with Crippen molar-refractivity contribution < 1.29 is 13.9 Å². The Morgan fingerprint density at radius 2 is 1.89 bits per heavy atom. The summed E-state index contributed by atoms with van der Waals surface area (Å²) in [5.41, 5.74) is 2.41. The zero-order valence-corrected chi connectivity index (χ0v) is 15.7. The van der Waals surface area contributed by atoms with E-state index in [1.54, 1.807) is 6.92 Å². The van der Waals surface area contributed by atoms with Gasteiger partial charge in [-0.3, -0.25) is 4.90 Å². The Morgan fingerprint density at radius 3 is 2.61 bits per heavy atom. The Balaban J connectivity index is 1.50. The van der Waals surface area contributed by atoms with E-state index in [9.17, 15) is 9.18 Å². The minimum absolute atomic E-state index is 0.327. The van der Waals surface area contributed by atoms with Crippen LogP contribution in [0.1, 0.15) is 23.0 Å². The highest BCUT2D eigenvalue weighted by Gasteiger charge is 2.24. The molecule has 28 heavy (non-hydrogen) atoms. The Morgan fingerprint density at radius 1 is 1.18 bits per heavy atom. The van der Waals surface area contributed by atoms with Crippen molar-refractivity contribution in [3.05, 3.63) is 53.7 Å². The number of nitrogens with zero attached hydrogens (tertiary/aromatic N) is 4. The monoisotopic (exact) mass is 383 g/mol. The Hall–Kier alpha value is -3.00. The highest BCUT2D eigenvalue weighted by atomic mass is 19.1. The summed E-state index contributed by atoms with van der Waals surface area (Å²) >= 11 is 0. The molecule has 0 bridgehead atoms. The molecule has 1 aliphatic rings. The van der Waals surface area contributed by atoms with Crippen molar-refractivity contribution >= 4 is 22.8 Å². The summed E-state index contributed by atoms with van der Waals surface area (Å²) in [5, 5.41) is 1.04. The maximum absolute atomic E-state index is 13.0. The van der Waals surface area contributed by atoms with Crippen molar-refractivity contribution in [2.24, 2.45) is 0 Å². The number of para-hydroxylation sites is 1. The second-order valence-electron chi connectivity index (χ2n) is 6.71. The molecular weight excluding hydrogens is 361 g/mol. The lowest BCUT2D eigenvalue weighted by Gasteiger charge is -2.34. The summed E-state index contributed by atoms with van der Waals surface area (Å²) in [6.45, 7) is 5.85. The number of nitrogens with one attached hydrogen (secondary N) is 1. The van der Waals surface area contributed by atoms with E-state index in [2.05, 4.69) is 19.9 Å². The smallest absolute Gasteiger partial charge is 0.355 e. The Labute approximate surface area is 162 Å². The standard InChI is InChI=1S/C20H22FN5O2/c1-2-28-19(27)18-16(15-5-3-4-6-17(15)24-18)13-25-7-9-26(10-8-25)20-22-11-14(21)12-23-20/h3-6,11-12,24H,2,7-10,13H2,1H3. The molecule has 1 aliphatic heterocycles. The Kier molecular flexibility index (Phi) is 5.21. The first kappa shape index (κ1) is 18.4. The predicted octanol–water partition coefficient (Wildman–Crippen LogP) is 2.60. The SMILES string of the molecule is CCOC(=O)c1[nH]c2ccccc2c1CN1CCN(c2ncc(F)cn2)CC1. The maximum atomic E-state index is 13.0. The van der Waals surface area contributed by atoms with E-state index in [1.165, 1.54) is 12.4 Å². The van der Waals surface area contributed by atoms with Gasteiger partial charge in [0.05, 0.1) is 19.0 Å². The lowest BCUT2D eigenvalue weighted by Crippen LogP contribution is -2.46. The first-order chi connectivity index (χ1) is 13.7. The number of fused-ring (bicyclic) bond motifs is 1. The fourth-order valence-corrected chi connectivity index (χ4v) is 3.54. The lowest BCUT2D eigenvalue weighted by molar-refractivity contribution is 0.0518. The van der Waals surface area contributed by atoms with Crippen molar-refractivity contribution in [1.29, 1.82) is 0 Å². The number of aromatic nitrogens is 3. The van der Waals surface area contributed by atoms with E-state index in [4.69, 9.17) is 4.74 Å². The van der Waals surface area contributed by atoms with Crippen LogP contribution in [-0.2, 0) is 11.3 Å². The molecular formula is C20H22FN5O2. The largest absolute Gasteiger partial charge is 0.461 e. The van der Waals surface area contributed by atoms with Crippen molar-refractivity contribution in [2.45, 2.75) is 13.5 Å². The number of piperazine rings is 1. The van der Waals surface area contributed by atoms with Gasteiger partial charge in [-0.1, -0.05) is 18.2 Å². The van der Waals surface area contributed by atoms with Gasteiger partial charge in [0.15, 0.2) is 5.82 Å². The average Bonchev–Trinajstić information content (AvgIpc) is 3.08. The molecule has 8 heteroatoms. The molecule has 0 spiro atoms. The summed E-state index contributed by atoms with van der Waals surface area (Å²) in [6, 6.07) is 7.90. The second kappa shape index (κ2) is 7.93. The molecule has 3 heterocycles. The van der Waals surface area contributed by atoms with Gasteiger partial charge in [-0.05, 0) is 13.0 Å². The molecule has 0 amide bonds. The zero-order valence-electron chi connectivity index (χ0n) is 15.7. The number of anilines is 1. The van der Waals surface area contributed by atoms with Crippen molar-refractivity contribution in [1.82, 2.24) is 19.9 Å². The molecule has 1 fully saturated rings. The summed E-state index contributed by atoms with van der Waals surface area (Å²) in [4.78, 5) is 28.1. The third-order valence-electron chi connectivity index (χ3n) is 4.94. The molecule has 0 aliphatic carbocycles. The van der Waals surface area contributed by atoms with Gasteiger partial charge in [-0.25, -0.2) is 19.2 Å². The van der Waals surface area contributed by atoms with Crippen molar-refractivity contribution in [3.63, 3.8) is 0 Å². The predicted molar refractivity (Wildman–Crippen MR) is 104 cm³/mol. The van der Waals surface area contributed by atoms with E-state index in [-0.39, 0.29) is 5.97 Å². The van der Waals surface area contributed by atoms with Gasteiger partial charge in [0.25, 0.3) is 0 Å². The van der Waals surface area contributed by atoms with Crippen LogP contribution in [0.4, 0.5) is 10.3 Å². The van der Waals surface area contributed by atoms with Crippen LogP contribution in [-0.4, -0.2) is 58.6 Å². The van der Waals surface area contributed by atoms with E-state index in [0.29, 0.717) is 24.8 Å². The lowest BCUT2D eigenvalue weighted by atomic mass is 10.1. The van der Waals surface area contributed by atoms with Gasteiger partial charge in [0.2, 0.25) is 5.95 Å². The topological polar surface area (TPSA) is 74.4 Å². The number of hydrogen-bond donors (Lipinski definition) is 1. The molecule has 0 unspecified atom stereocenters. The number of aromatic amines is 1. The molecule has 146 valence electrons. The normalized spacial score (nSPS) is 15.1. The highest BCUT2D eigenvalue weighted by molar-refractivity contribution is 5.98. The van der Waals surface area contributed by atoms with Crippen molar-refractivity contribution in [3.8, 4) is 0 Å². The number of halogens is 1. The average molecular weight is 383 g/mol. The maximum Gasteiger partial charge on any atom is 0.355 e. The number of benzene rings is 1. The van der Waals surface area contributed by atoms with E-state index < -0.39 is 5.82 Å². The summed E-state index contributed by atoms with van der Waals surface area (Å²) < 4.78 is 18.2. The molecule has 0 saturated carbocycles. The summed E-state index contributed by atoms with van der Waals surface area (Å²) in [5.74, 6) is -0.222. The number of H-pyrrole nitrogens is 1. The summed E-state index contributed by atoms with van der Waals surface area (Å²) in [7, 11) is 0. The van der Waals surface area contributed by atoms with E-state index in [1.807, 2.05) is 29.2 Å². The van der Waals surface area contributed by atoms with Gasteiger partial charge in [-0.2, -0.15) is 0 Å². The number of ether oxygens (including phenoxy) is 1. The van der Waals surface area contributed by atoms with Gasteiger partial charge < -0.3 is 14.6 Å². The van der Waals surface area contributed by atoms with Gasteiger partial charge in [0.1, 0.15) is 5.69 Å². The Bertz CT molecular complexity index is 964. The minimum Gasteiger partial charge on any atom is -0.461 e. The first-order valence-electron chi connectivity index (χ1n) is 9.37. The first-order valence-corrected chi connectivity index (χ1v) is 9.37. The van der Waals surface area contributed by atoms with Crippen LogP contribution >= 0.6 is 0 Å². The molecule has 2 aromatic heterocycles. The molecule has 7 nitrogen and oxygen atoms in total.